The van der Waals surface area contributed by atoms with Gasteiger partial charge in [-0.05, 0) is 76.2 Å². The van der Waals surface area contributed by atoms with Crippen molar-refractivity contribution >= 4 is 38.9 Å². The first kappa shape index (κ1) is 28.3. The van der Waals surface area contributed by atoms with Crippen LogP contribution in [-0.2, 0) is 20.6 Å². The number of hydrogen-bond donors (Lipinski definition) is 0. The van der Waals surface area contributed by atoms with E-state index >= 15 is 0 Å². The number of fused-ring (bicyclic) bond motifs is 3. The summed E-state index contributed by atoms with van der Waals surface area (Å²) in [5.74, 6) is 1.64. The van der Waals surface area contributed by atoms with Crippen LogP contribution in [0.25, 0.3) is 50.2 Å². The third-order valence-electron chi connectivity index (χ3n) is 9.36. The maximum Gasteiger partial charge on any atom is 0.328 e. The Labute approximate surface area is 257 Å². The van der Waals surface area contributed by atoms with Gasteiger partial charge in [-0.3, -0.25) is 13.7 Å². The second-order valence-electron chi connectivity index (χ2n) is 12.1. The van der Waals surface area contributed by atoms with Crippen LogP contribution in [0.2, 0.25) is 0 Å². The van der Waals surface area contributed by atoms with Crippen molar-refractivity contribution in [1.82, 2.24) is 38.1 Å². The van der Waals surface area contributed by atoms with Gasteiger partial charge in [0.15, 0.2) is 17.0 Å². The minimum absolute atomic E-state index is 0.0510. The molecule has 2 aromatic carbocycles. The Balaban J connectivity index is 1.36. The third-order valence-corrected chi connectivity index (χ3v) is 9.36. The second kappa shape index (κ2) is 11.6. The minimum Gasteiger partial charge on any atom is -0.358 e. The highest BCUT2D eigenvalue weighted by atomic mass is 16.1. The van der Waals surface area contributed by atoms with E-state index in [1.807, 2.05) is 20.2 Å². The standard InChI is InChI=1S/C34H41N9O/c1-5-42-21-16-25-26(12-10-13-27(25)42)31-37-30-32(38(2)17-11-20-41-18-8-6-7-9-19-41)35-23-36-33(30)43(31)24-14-15-28-29(22-24)40(4)34(44)39(28)3/h10,12-16,21-23H,5-9,11,17-20H2,1-4H3. The molecule has 7 rings (SSSR count). The molecule has 5 heterocycles. The van der Waals surface area contributed by atoms with Gasteiger partial charge >= 0.3 is 5.69 Å². The van der Waals surface area contributed by atoms with Crippen molar-refractivity contribution in [2.75, 3.05) is 38.1 Å². The van der Waals surface area contributed by atoms with Crippen LogP contribution >= 0.6 is 0 Å². The average Bonchev–Trinajstić information content (AvgIpc) is 3.62. The molecule has 10 nitrogen and oxygen atoms in total. The van der Waals surface area contributed by atoms with E-state index in [9.17, 15) is 4.79 Å². The molecule has 0 bridgehead atoms. The summed E-state index contributed by atoms with van der Waals surface area (Å²) in [6.45, 7) is 7.45. The lowest BCUT2D eigenvalue weighted by Gasteiger charge is -2.23. The monoisotopic (exact) mass is 591 g/mol. The van der Waals surface area contributed by atoms with Crippen molar-refractivity contribution in [3.8, 4) is 17.1 Å². The van der Waals surface area contributed by atoms with Gasteiger partial charge in [0.05, 0.1) is 16.7 Å². The first-order chi connectivity index (χ1) is 21.5. The summed E-state index contributed by atoms with van der Waals surface area (Å²) in [6, 6.07) is 14.7. The predicted molar refractivity (Wildman–Crippen MR) is 178 cm³/mol. The van der Waals surface area contributed by atoms with Crippen molar-refractivity contribution in [1.29, 1.82) is 0 Å². The number of imidazole rings is 2. The molecule has 1 aliphatic heterocycles. The summed E-state index contributed by atoms with van der Waals surface area (Å²) >= 11 is 0. The van der Waals surface area contributed by atoms with E-state index in [1.165, 1.54) is 44.3 Å². The molecule has 0 saturated carbocycles. The van der Waals surface area contributed by atoms with E-state index in [1.54, 1.807) is 15.5 Å². The summed E-state index contributed by atoms with van der Waals surface area (Å²) < 4.78 is 7.75. The number of rotatable bonds is 8. The Kier molecular flexibility index (Phi) is 7.45. The minimum atomic E-state index is -0.0510. The summed E-state index contributed by atoms with van der Waals surface area (Å²) in [5, 5.41) is 1.14. The third kappa shape index (κ3) is 4.77. The van der Waals surface area contributed by atoms with E-state index in [0.717, 1.165) is 76.5 Å². The molecule has 1 saturated heterocycles. The number of aromatic nitrogens is 7. The molecule has 0 unspecified atom stereocenters. The lowest BCUT2D eigenvalue weighted by atomic mass is 10.1. The van der Waals surface area contributed by atoms with Crippen LogP contribution in [0.1, 0.15) is 39.0 Å². The maximum atomic E-state index is 12.8. The summed E-state index contributed by atoms with van der Waals surface area (Å²) in [7, 11) is 5.73. The van der Waals surface area contributed by atoms with Crippen LogP contribution in [0.4, 0.5) is 5.82 Å². The Bertz CT molecular complexity index is 2020. The normalized spacial score (nSPS) is 14.6. The van der Waals surface area contributed by atoms with E-state index < -0.39 is 0 Å². The van der Waals surface area contributed by atoms with Crippen LogP contribution in [0.3, 0.4) is 0 Å². The Hall–Kier alpha value is -4.44. The van der Waals surface area contributed by atoms with Gasteiger partial charge in [0.1, 0.15) is 12.2 Å². The molecule has 228 valence electrons. The zero-order valence-electron chi connectivity index (χ0n) is 26.2. The molecule has 1 fully saturated rings. The van der Waals surface area contributed by atoms with Gasteiger partial charge in [-0.2, -0.15) is 0 Å². The Morgan fingerprint density at radius 2 is 1.70 bits per heavy atom. The molecule has 1 aliphatic rings. The van der Waals surface area contributed by atoms with Crippen molar-refractivity contribution in [3.63, 3.8) is 0 Å². The van der Waals surface area contributed by atoms with E-state index in [2.05, 4.69) is 75.5 Å². The van der Waals surface area contributed by atoms with Gasteiger partial charge in [-0.25, -0.2) is 19.7 Å². The highest BCUT2D eigenvalue weighted by molar-refractivity contribution is 5.98. The highest BCUT2D eigenvalue weighted by Crippen LogP contribution is 2.35. The number of anilines is 1. The van der Waals surface area contributed by atoms with Gasteiger partial charge in [0, 0.05) is 56.9 Å². The molecule has 0 radical (unpaired) electrons. The first-order valence-corrected chi connectivity index (χ1v) is 15.9. The van der Waals surface area contributed by atoms with Gasteiger partial charge in [-0.15, -0.1) is 0 Å². The number of hydrogen-bond acceptors (Lipinski definition) is 6. The molecule has 0 atom stereocenters. The molecular weight excluding hydrogens is 550 g/mol. The van der Waals surface area contributed by atoms with Crippen LogP contribution in [0, 0.1) is 0 Å². The number of likely N-dealkylation sites (tertiary alicyclic amines) is 1. The van der Waals surface area contributed by atoms with Gasteiger partial charge in [-0.1, -0.05) is 25.0 Å². The largest absolute Gasteiger partial charge is 0.358 e. The highest BCUT2D eigenvalue weighted by Gasteiger charge is 2.23. The zero-order valence-corrected chi connectivity index (χ0v) is 26.2. The van der Waals surface area contributed by atoms with Crippen molar-refractivity contribution < 1.29 is 0 Å². The lowest BCUT2D eigenvalue weighted by Crippen LogP contribution is -2.29. The quantitative estimate of drug-likeness (QED) is 0.237. The second-order valence-corrected chi connectivity index (χ2v) is 12.1. The van der Waals surface area contributed by atoms with Crippen molar-refractivity contribution in [2.45, 2.75) is 45.6 Å². The van der Waals surface area contributed by atoms with Crippen LogP contribution in [-0.4, -0.2) is 71.3 Å². The molecule has 0 N–H and O–H groups in total. The van der Waals surface area contributed by atoms with Crippen LogP contribution in [0.15, 0.2) is 59.8 Å². The van der Waals surface area contributed by atoms with Gasteiger partial charge in [0.25, 0.3) is 0 Å². The van der Waals surface area contributed by atoms with Gasteiger partial charge < -0.3 is 14.4 Å². The molecule has 44 heavy (non-hydrogen) atoms. The molecular formula is C34H41N9O. The van der Waals surface area contributed by atoms with Crippen LogP contribution in [0.5, 0.6) is 0 Å². The average molecular weight is 592 g/mol. The first-order valence-electron chi connectivity index (χ1n) is 15.9. The Morgan fingerprint density at radius 3 is 2.50 bits per heavy atom. The van der Waals surface area contributed by atoms with Crippen molar-refractivity contribution in [3.05, 3.63) is 65.5 Å². The number of nitrogens with zero attached hydrogens (tertiary/aromatic N) is 9. The van der Waals surface area contributed by atoms with E-state index in [4.69, 9.17) is 15.0 Å². The molecule has 0 spiro atoms. The summed E-state index contributed by atoms with van der Waals surface area (Å²) in [5.41, 5.74) is 6.31. The summed E-state index contributed by atoms with van der Waals surface area (Å²) in [6.07, 6.45) is 10.2. The smallest absolute Gasteiger partial charge is 0.328 e. The molecule has 0 amide bonds. The summed E-state index contributed by atoms with van der Waals surface area (Å²) in [4.78, 5) is 32.5. The molecule has 4 aromatic heterocycles. The van der Waals surface area contributed by atoms with E-state index in [-0.39, 0.29) is 5.69 Å². The lowest BCUT2D eigenvalue weighted by molar-refractivity contribution is 0.283. The van der Waals surface area contributed by atoms with Crippen LogP contribution < -0.4 is 10.6 Å². The number of benzene rings is 2. The van der Waals surface area contributed by atoms with Crippen molar-refractivity contribution in [2.24, 2.45) is 14.1 Å². The Morgan fingerprint density at radius 1 is 0.909 bits per heavy atom. The fourth-order valence-corrected chi connectivity index (χ4v) is 6.91. The molecule has 6 aromatic rings. The number of aryl methyl sites for hydroxylation is 3. The zero-order chi connectivity index (χ0) is 30.4. The predicted octanol–water partition coefficient (Wildman–Crippen LogP) is 5.35. The van der Waals surface area contributed by atoms with Gasteiger partial charge in [0.2, 0.25) is 0 Å². The fraction of sp³-hybridized carbons (Fsp3) is 0.412. The maximum absolute atomic E-state index is 12.8. The fourth-order valence-electron chi connectivity index (χ4n) is 6.91. The topological polar surface area (TPSA) is 81.9 Å². The van der Waals surface area contributed by atoms with E-state index in [0.29, 0.717) is 0 Å². The SMILES string of the molecule is CCn1ccc2c(-c3nc4c(N(C)CCCN5CCCCCC5)ncnc4n3-c3ccc4c(c3)n(C)c(=O)n4C)cccc21. The molecule has 10 heteroatoms. The molecule has 0 aliphatic carbocycles.